The molecule has 2 aromatic rings. The van der Waals surface area contributed by atoms with E-state index in [9.17, 15) is 10.1 Å². The molecule has 19 heavy (non-hydrogen) atoms. The molecule has 1 aromatic carbocycles. The highest BCUT2D eigenvalue weighted by Crippen LogP contribution is 2.28. The summed E-state index contributed by atoms with van der Waals surface area (Å²) >= 11 is 11.9. The third kappa shape index (κ3) is 3.16. The van der Waals surface area contributed by atoms with Crippen molar-refractivity contribution in [2.45, 2.75) is 0 Å². The van der Waals surface area contributed by atoms with E-state index in [0.717, 1.165) is 23.2 Å². The van der Waals surface area contributed by atoms with E-state index < -0.39 is 4.92 Å². The van der Waals surface area contributed by atoms with Crippen molar-refractivity contribution in [2.24, 2.45) is 7.05 Å². The van der Waals surface area contributed by atoms with Crippen molar-refractivity contribution in [3.05, 3.63) is 62.4 Å². The summed E-state index contributed by atoms with van der Waals surface area (Å²) in [4.78, 5) is 9.83. The topological polar surface area (TPSA) is 48.1 Å². The van der Waals surface area contributed by atoms with Gasteiger partial charge in [-0.05, 0) is 30.3 Å². The van der Waals surface area contributed by atoms with Crippen LogP contribution >= 0.6 is 23.2 Å². The average molecular weight is 297 g/mol. The van der Waals surface area contributed by atoms with Crippen molar-refractivity contribution in [3.63, 3.8) is 0 Å². The third-order valence-corrected chi connectivity index (χ3v) is 3.12. The zero-order chi connectivity index (χ0) is 14.0. The largest absolute Gasteiger partial charge is 0.344 e. The summed E-state index contributed by atoms with van der Waals surface area (Å²) in [6, 6.07) is 8.91. The Labute approximate surface area is 120 Å². The van der Waals surface area contributed by atoms with Crippen LogP contribution in [-0.4, -0.2) is 9.49 Å². The smallest absolute Gasteiger partial charge is 0.236 e. The molecule has 0 unspecified atom stereocenters. The van der Waals surface area contributed by atoms with Crippen LogP contribution in [0.4, 0.5) is 0 Å². The van der Waals surface area contributed by atoms with Crippen molar-refractivity contribution < 1.29 is 4.92 Å². The monoisotopic (exact) mass is 296 g/mol. The normalized spacial score (nSPS) is 11.1. The van der Waals surface area contributed by atoms with Crippen molar-refractivity contribution >= 4 is 29.3 Å². The van der Waals surface area contributed by atoms with E-state index in [-0.39, 0.29) is 0 Å². The van der Waals surface area contributed by atoms with Gasteiger partial charge in [0, 0.05) is 40.1 Å². The summed E-state index contributed by atoms with van der Waals surface area (Å²) < 4.78 is 1.84. The molecule has 0 aliphatic rings. The SMILES string of the molecule is Cn1c(C=C[N+](=O)[O-])ccc1-c1cc(Cl)cc(Cl)c1. The predicted molar refractivity (Wildman–Crippen MR) is 76.9 cm³/mol. The third-order valence-electron chi connectivity index (χ3n) is 2.69. The van der Waals surface area contributed by atoms with Crippen LogP contribution in [0.15, 0.2) is 36.5 Å². The minimum absolute atomic E-state index is 0.497. The first-order valence-electron chi connectivity index (χ1n) is 5.41. The molecular formula is C13H10Cl2N2O2. The fraction of sp³-hybridized carbons (Fsp3) is 0.0769. The van der Waals surface area contributed by atoms with Gasteiger partial charge in [0.25, 0.3) is 0 Å². The lowest BCUT2D eigenvalue weighted by molar-refractivity contribution is -0.401. The lowest BCUT2D eigenvalue weighted by Gasteiger charge is -2.06. The summed E-state index contributed by atoms with van der Waals surface area (Å²) in [5.41, 5.74) is 2.47. The highest BCUT2D eigenvalue weighted by molar-refractivity contribution is 6.35. The fourth-order valence-corrected chi connectivity index (χ4v) is 2.35. The Balaban J connectivity index is 2.44. The van der Waals surface area contributed by atoms with Crippen LogP contribution < -0.4 is 0 Å². The molecule has 0 N–H and O–H groups in total. The fourth-order valence-electron chi connectivity index (χ4n) is 1.82. The summed E-state index contributed by atoms with van der Waals surface area (Å²) in [5.74, 6) is 0. The molecular weight excluding hydrogens is 287 g/mol. The number of nitro groups is 1. The number of nitrogens with zero attached hydrogens (tertiary/aromatic N) is 2. The number of rotatable bonds is 3. The van der Waals surface area contributed by atoms with Gasteiger partial charge in [0.1, 0.15) is 0 Å². The van der Waals surface area contributed by atoms with Gasteiger partial charge >= 0.3 is 0 Å². The molecule has 0 aliphatic carbocycles. The Kier molecular flexibility index (Phi) is 3.93. The summed E-state index contributed by atoms with van der Waals surface area (Å²) in [6.45, 7) is 0. The Morgan fingerprint density at radius 1 is 1.21 bits per heavy atom. The first kappa shape index (κ1) is 13.6. The molecule has 0 bridgehead atoms. The van der Waals surface area contributed by atoms with Crippen LogP contribution in [0.5, 0.6) is 0 Å². The second-order valence-corrected chi connectivity index (χ2v) is 4.83. The van der Waals surface area contributed by atoms with E-state index in [1.807, 2.05) is 17.7 Å². The maximum absolute atomic E-state index is 10.3. The van der Waals surface area contributed by atoms with Crippen LogP contribution in [-0.2, 0) is 7.05 Å². The minimum Gasteiger partial charge on any atom is -0.344 e. The van der Waals surface area contributed by atoms with Gasteiger partial charge in [-0.3, -0.25) is 10.1 Å². The second-order valence-electron chi connectivity index (χ2n) is 3.96. The molecule has 4 nitrogen and oxygen atoms in total. The van der Waals surface area contributed by atoms with Crippen LogP contribution in [0.3, 0.4) is 0 Å². The van der Waals surface area contributed by atoms with E-state index >= 15 is 0 Å². The van der Waals surface area contributed by atoms with E-state index in [4.69, 9.17) is 23.2 Å². The number of hydrogen-bond donors (Lipinski definition) is 0. The summed E-state index contributed by atoms with van der Waals surface area (Å²) in [5, 5.41) is 11.4. The molecule has 0 saturated carbocycles. The van der Waals surface area contributed by atoms with Crippen LogP contribution in [0.1, 0.15) is 5.69 Å². The molecule has 0 saturated heterocycles. The first-order chi connectivity index (χ1) is 8.97. The highest BCUT2D eigenvalue weighted by atomic mass is 35.5. The van der Waals surface area contributed by atoms with Gasteiger partial charge in [0.2, 0.25) is 6.20 Å². The summed E-state index contributed by atoms with van der Waals surface area (Å²) in [6.07, 6.45) is 2.35. The molecule has 0 spiro atoms. The van der Waals surface area contributed by atoms with Gasteiger partial charge in [-0.25, -0.2) is 0 Å². The Hall–Kier alpha value is -1.78. The maximum Gasteiger partial charge on any atom is 0.236 e. The van der Waals surface area contributed by atoms with Crippen molar-refractivity contribution in [1.29, 1.82) is 0 Å². The summed E-state index contributed by atoms with van der Waals surface area (Å²) in [7, 11) is 1.82. The zero-order valence-corrected chi connectivity index (χ0v) is 11.5. The zero-order valence-electron chi connectivity index (χ0n) is 10.0. The van der Waals surface area contributed by atoms with Crippen LogP contribution in [0.25, 0.3) is 17.3 Å². The maximum atomic E-state index is 10.3. The Bertz CT molecular complexity index is 642. The molecule has 0 aliphatic heterocycles. The van der Waals surface area contributed by atoms with E-state index in [1.165, 1.54) is 6.08 Å². The minimum atomic E-state index is -0.497. The van der Waals surface area contributed by atoms with Gasteiger partial charge in [0.05, 0.1) is 4.92 Å². The number of hydrogen-bond acceptors (Lipinski definition) is 2. The molecule has 6 heteroatoms. The second kappa shape index (κ2) is 5.47. The van der Waals surface area contributed by atoms with E-state index in [1.54, 1.807) is 24.3 Å². The number of benzene rings is 1. The van der Waals surface area contributed by atoms with Gasteiger partial charge in [0.15, 0.2) is 0 Å². The predicted octanol–water partition coefficient (Wildman–Crippen LogP) is 4.25. The molecule has 1 heterocycles. The Morgan fingerprint density at radius 2 is 1.84 bits per heavy atom. The van der Waals surface area contributed by atoms with E-state index in [2.05, 4.69) is 0 Å². The van der Waals surface area contributed by atoms with Gasteiger partial charge in [-0.2, -0.15) is 0 Å². The quantitative estimate of drug-likeness (QED) is 0.628. The van der Waals surface area contributed by atoms with E-state index in [0.29, 0.717) is 10.0 Å². The molecule has 0 atom stereocenters. The molecule has 2 rings (SSSR count). The van der Waals surface area contributed by atoms with Crippen LogP contribution in [0.2, 0.25) is 10.0 Å². The molecule has 0 amide bonds. The first-order valence-corrected chi connectivity index (χ1v) is 6.17. The average Bonchev–Trinajstić information content (AvgIpc) is 2.66. The number of aromatic nitrogens is 1. The van der Waals surface area contributed by atoms with Crippen molar-refractivity contribution in [1.82, 2.24) is 4.57 Å². The Morgan fingerprint density at radius 3 is 2.42 bits per heavy atom. The molecule has 0 radical (unpaired) electrons. The highest BCUT2D eigenvalue weighted by Gasteiger charge is 2.07. The lowest BCUT2D eigenvalue weighted by Crippen LogP contribution is -1.94. The number of halogens is 2. The van der Waals surface area contributed by atoms with Crippen molar-refractivity contribution in [3.8, 4) is 11.3 Å². The van der Waals surface area contributed by atoms with Crippen LogP contribution in [0, 0.1) is 10.1 Å². The van der Waals surface area contributed by atoms with Gasteiger partial charge in [-0.1, -0.05) is 23.2 Å². The lowest BCUT2D eigenvalue weighted by atomic mass is 10.1. The van der Waals surface area contributed by atoms with Crippen molar-refractivity contribution in [2.75, 3.05) is 0 Å². The molecule has 98 valence electrons. The standard InChI is InChI=1S/C13H10Cl2N2O2/c1-16-12(4-5-17(18)19)2-3-13(16)9-6-10(14)8-11(15)7-9/h2-8H,1H3. The van der Waals surface area contributed by atoms with Gasteiger partial charge < -0.3 is 4.57 Å². The molecule has 0 fully saturated rings. The molecule has 1 aromatic heterocycles. The van der Waals surface area contributed by atoms with Gasteiger partial charge in [-0.15, -0.1) is 0 Å².